The van der Waals surface area contributed by atoms with Crippen LogP contribution >= 0.6 is 0 Å². The Morgan fingerprint density at radius 3 is 2.30 bits per heavy atom. The predicted octanol–water partition coefficient (Wildman–Crippen LogP) is 4.82. The van der Waals surface area contributed by atoms with Gasteiger partial charge >= 0.3 is 0 Å². The molecule has 0 saturated heterocycles. The van der Waals surface area contributed by atoms with Crippen LogP contribution in [-0.4, -0.2) is 16.0 Å². The summed E-state index contributed by atoms with van der Waals surface area (Å²) >= 11 is 0. The molecule has 1 aliphatic rings. The van der Waals surface area contributed by atoms with E-state index < -0.39 is 0 Å². The van der Waals surface area contributed by atoms with Crippen molar-refractivity contribution in [3.63, 3.8) is 0 Å². The van der Waals surface area contributed by atoms with Gasteiger partial charge in [0.1, 0.15) is 0 Å². The largest absolute Gasteiger partial charge is 0.326 e. The summed E-state index contributed by atoms with van der Waals surface area (Å²) < 4.78 is 0. The number of nitrogens with two attached hydrogens (primary N) is 1. The van der Waals surface area contributed by atoms with E-state index in [9.17, 15) is 0 Å². The lowest BCUT2D eigenvalue weighted by molar-refractivity contribution is 0.578. The van der Waals surface area contributed by atoms with E-state index in [0.29, 0.717) is 18.5 Å². The number of rotatable bonds is 7. The van der Waals surface area contributed by atoms with Crippen molar-refractivity contribution in [1.82, 2.24) is 15.3 Å². The first-order chi connectivity index (χ1) is 14.4. The Balaban J connectivity index is 1.58. The van der Waals surface area contributed by atoms with Gasteiger partial charge in [0.15, 0.2) is 0 Å². The number of hydrogen-bond donors (Lipinski definition) is 3. The number of benzene rings is 2. The van der Waals surface area contributed by atoms with Crippen molar-refractivity contribution in [2.75, 3.05) is 5.32 Å². The second-order valence-corrected chi connectivity index (χ2v) is 9.08. The quantitative estimate of drug-likeness (QED) is 0.529. The summed E-state index contributed by atoms with van der Waals surface area (Å²) in [4.78, 5) is 9.25. The predicted molar refractivity (Wildman–Crippen MR) is 123 cm³/mol. The standard InChI is InChI=1S/C25H31N5/c1-25(2,3)19-8-6-18(7-9-19)23(28-20-12-13-20)22-14-15-27-24(30-22)29-21-10-4-17(16-26)5-11-21/h4-11,14-15,20,23,28H,12-13,16,26H2,1-3H3,(H,27,29,30). The van der Waals surface area contributed by atoms with Gasteiger partial charge < -0.3 is 16.4 Å². The van der Waals surface area contributed by atoms with Crippen LogP contribution in [0, 0.1) is 0 Å². The second kappa shape index (κ2) is 8.54. The monoisotopic (exact) mass is 401 g/mol. The molecule has 1 heterocycles. The van der Waals surface area contributed by atoms with Gasteiger partial charge in [-0.1, -0.05) is 57.2 Å². The zero-order valence-electron chi connectivity index (χ0n) is 18.0. The molecule has 2 aromatic carbocycles. The van der Waals surface area contributed by atoms with Gasteiger partial charge in [-0.2, -0.15) is 0 Å². The third-order valence-corrected chi connectivity index (χ3v) is 5.51. The molecule has 30 heavy (non-hydrogen) atoms. The first kappa shape index (κ1) is 20.5. The van der Waals surface area contributed by atoms with Crippen LogP contribution in [-0.2, 0) is 12.0 Å². The summed E-state index contributed by atoms with van der Waals surface area (Å²) in [7, 11) is 0. The van der Waals surface area contributed by atoms with Crippen molar-refractivity contribution in [2.45, 2.75) is 57.7 Å². The number of nitrogens with one attached hydrogen (secondary N) is 2. The molecule has 1 unspecified atom stereocenters. The van der Waals surface area contributed by atoms with Crippen LogP contribution < -0.4 is 16.4 Å². The van der Waals surface area contributed by atoms with Crippen molar-refractivity contribution >= 4 is 11.6 Å². The van der Waals surface area contributed by atoms with Gasteiger partial charge in [-0.3, -0.25) is 0 Å². The van der Waals surface area contributed by atoms with Crippen molar-refractivity contribution < 1.29 is 0 Å². The Kier molecular flexibility index (Phi) is 5.84. The fraction of sp³-hybridized carbons (Fsp3) is 0.360. The zero-order valence-corrected chi connectivity index (χ0v) is 18.0. The minimum Gasteiger partial charge on any atom is -0.326 e. The maximum absolute atomic E-state index is 5.69. The first-order valence-corrected chi connectivity index (χ1v) is 10.7. The van der Waals surface area contributed by atoms with Crippen LogP contribution in [0.4, 0.5) is 11.6 Å². The van der Waals surface area contributed by atoms with Crippen LogP contribution in [0.25, 0.3) is 0 Å². The van der Waals surface area contributed by atoms with Gasteiger partial charge in [-0.25, -0.2) is 9.97 Å². The number of aromatic nitrogens is 2. The summed E-state index contributed by atoms with van der Waals surface area (Å²) in [5.74, 6) is 0.599. The third kappa shape index (κ3) is 5.04. The molecule has 1 atom stereocenters. The molecular formula is C25H31N5. The highest BCUT2D eigenvalue weighted by Crippen LogP contribution is 2.30. The Morgan fingerprint density at radius 1 is 1.00 bits per heavy atom. The van der Waals surface area contributed by atoms with E-state index in [4.69, 9.17) is 10.7 Å². The van der Waals surface area contributed by atoms with E-state index in [1.165, 1.54) is 24.0 Å². The average Bonchev–Trinajstić information content (AvgIpc) is 3.57. The summed E-state index contributed by atoms with van der Waals surface area (Å²) in [5.41, 5.74) is 11.4. The molecule has 0 radical (unpaired) electrons. The van der Waals surface area contributed by atoms with E-state index in [1.807, 2.05) is 36.5 Å². The molecule has 1 saturated carbocycles. The highest BCUT2D eigenvalue weighted by Gasteiger charge is 2.27. The number of hydrogen-bond acceptors (Lipinski definition) is 5. The molecule has 1 aromatic heterocycles. The number of anilines is 2. The van der Waals surface area contributed by atoms with E-state index in [1.54, 1.807) is 0 Å². The summed E-state index contributed by atoms with van der Waals surface area (Å²) in [6.45, 7) is 7.26. The Morgan fingerprint density at radius 2 is 1.70 bits per heavy atom. The molecule has 0 amide bonds. The first-order valence-electron chi connectivity index (χ1n) is 10.7. The normalized spacial score (nSPS) is 15.1. The molecule has 0 spiro atoms. The van der Waals surface area contributed by atoms with Gasteiger partial charge in [-0.05, 0) is 53.1 Å². The average molecular weight is 402 g/mol. The number of nitrogens with zero attached hydrogens (tertiary/aromatic N) is 2. The molecule has 3 aromatic rings. The summed E-state index contributed by atoms with van der Waals surface area (Å²) in [6, 6.07) is 19.6. The lowest BCUT2D eigenvalue weighted by Crippen LogP contribution is -2.25. The van der Waals surface area contributed by atoms with Crippen LogP contribution in [0.5, 0.6) is 0 Å². The lowest BCUT2D eigenvalue weighted by atomic mass is 9.86. The maximum atomic E-state index is 5.69. The molecule has 5 nitrogen and oxygen atoms in total. The topological polar surface area (TPSA) is 75.9 Å². The molecule has 5 heteroatoms. The highest BCUT2D eigenvalue weighted by molar-refractivity contribution is 5.53. The van der Waals surface area contributed by atoms with Crippen LogP contribution in [0.1, 0.15) is 62.0 Å². The van der Waals surface area contributed by atoms with E-state index >= 15 is 0 Å². The van der Waals surface area contributed by atoms with Gasteiger partial charge in [0, 0.05) is 24.5 Å². The van der Waals surface area contributed by atoms with E-state index in [-0.39, 0.29) is 11.5 Å². The molecule has 1 fully saturated rings. The van der Waals surface area contributed by atoms with E-state index in [0.717, 1.165) is 16.9 Å². The fourth-order valence-corrected chi connectivity index (χ4v) is 3.46. The Labute approximate surface area is 179 Å². The SMILES string of the molecule is CC(C)(C)c1ccc(C(NC2CC2)c2ccnc(Nc3ccc(CN)cc3)n2)cc1. The van der Waals surface area contributed by atoms with Crippen molar-refractivity contribution in [3.05, 3.63) is 83.2 Å². The maximum Gasteiger partial charge on any atom is 0.227 e. The molecule has 156 valence electrons. The zero-order chi connectivity index (χ0) is 21.1. The molecule has 4 N–H and O–H groups in total. The Hall–Kier alpha value is -2.76. The minimum absolute atomic E-state index is 0.0506. The van der Waals surface area contributed by atoms with Gasteiger partial charge in [0.25, 0.3) is 0 Å². The fourth-order valence-electron chi connectivity index (χ4n) is 3.46. The van der Waals surface area contributed by atoms with Crippen LogP contribution in [0.2, 0.25) is 0 Å². The molecule has 4 rings (SSSR count). The lowest BCUT2D eigenvalue weighted by Gasteiger charge is -2.22. The van der Waals surface area contributed by atoms with Gasteiger partial charge in [0.05, 0.1) is 11.7 Å². The molecular weight excluding hydrogens is 370 g/mol. The molecule has 0 bridgehead atoms. The van der Waals surface area contributed by atoms with Gasteiger partial charge in [0.2, 0.25) is 5.95 Å². The van der Waals surface area contributed by atoms with Crippen LogP contribution in [0.3, 0.4) is 0 Å². The third-order valence-electron chi connectivity index (χ3n) is 5.51. The smallest absolute Gasteiger partial charge is 0.227 e. The second-order valence-electron chi connectivity index (χ2n) is 9.08. The van der Waals surface area contributed by atoms with Gasteiger partial charge in [-0.15, -0.1) is 0 Å². The van der Waals surface area contributed by atoms with Crippen molar-refractivity contribution in [1.29, 1.82) is 0 Å². The minimum atomic E-state index is 0.0506. The summed E-state index contributed by atoms with van der Waals surface area (Å²) in [6.07, 6.45) is 4.27. The van der Waals surface area contributed by atoms with Crippen molar-refractivity contribution in [3.8, 4) is 0 Å². The Bertz CT molecular complexity index is 970. The van der Waals surface area contributed by atoms with E-state index in [2.05, 4.69) is 60.7 Å². The molecule has 1 aliphatic carbocycles. The van der Waals surface area contributed by atoms with Crippen LogP contribution in [0.15, 0.2) is 60.8 Å². The van der Waals surface area contributed by atoms with Crippen molar-refractivity contribution in [2.24, 2.45) is 5.73 Å². The molecule has 0 aliphatic heterocycles. The highest BCUT2D eigenvalue weighted by atomic mass is 15.1. The summed E-state index contributed by atoms with van der Waals surface area (Å²) in [5, 5.41) is 7.07.